The molecule has 0 heterocycles. The van der Waals surface area contributed by atoms with Gasteiger partial charge in [0.15, 0.2) is 5.75 Å². The molecule has 4 nitrogen and oxygen atoms in total. The third kappa shape index (κ3) is 3.99. The summed E-state index contributed by atoms with van der Waals surface area (Å²) in [7, 11) is 0. The topological polar surface area (TPSA) is 78.3 Å². The summed E-state index contributed by atoms with van der Waals surface area (Å²) in [4.78, 5) is 11.2. The van der Waals surface area contributed by atoms with Crippen LogP contribution in [-0.2, 0) is 6.42 Å². The Morgan fingerprint density at radius 3 is 2.48 bits per heavy atom. The first-order valence-corrected chi connectivity index (χ1v) is 7.06. The van der Waals surface area contributed by atoms with Crippen LogP contribution in [0.5, 0.6) is 11.5 Å². The summed E-state index contributed by atoms with van der Waals surface area (Å²) in [5, 5.41) is 0. The van der Waals surface area contributed by atoms with Crippen molar-refractivity contribution in [1.29, 1.82) is 0 Å². The van der Waals surface area contributed by atoms with Gasteiger partial charge in [-0.3, -0.25) is 4.79 Å². The van der Waals surface area contributed by atoms with E-state index in [1.807, 2.05) is 24.3 Å². The first-order valence-electron chi connectivity index (χ1n) is 7.06. The number of unbranched alkanes of at least 4 members (excludes halogenated alkanes) is 1. The van der Waals surface area contributed by atoms with E-state index in [1.54, 1.807) is 18.2 Å². The first-order chi connectivity index (χ1) is 10.1. The number of benzene rings is 2. The van der Waals surface area contributed by atoms with Gasteiger partial charge >= 0.3 is 0 Å². The Morgan fingerprint density at radius 1 is 1.14 bits per heavy atom. The molecule has 0 saturated carbocycles. The lowest BCUT2D eigenvalue weighted by atomic mass is 10.1. The molecule has 110 valence electrons. The van der Waals surface area contributed by atoms with Crippen molar-refractivity contribution in [1.82, 2.24) is 0 Å². The minimum atomic E-state index is -0.505. The molecule has 0 aliphatic carbocycles. The molecule has 0 atom stereocenters. The highest BCUT2D eigenvalue weighted by molar-refractivity contribution is 5.93. The summed E-state index contributed by atoms with van der Waals surface area (Å²) < 4.78 is 5.73. The standard InChI is InChI=1S/C17H20N2O2/c1-2-3-4-12-5-8-14(9-6-12)21-16-11-13(17(19)20)7-10-15(16)18/h5-11H,2-4,18H2,1H3,(H2,19,20). The van der Waals surface area contributed by atoms with Gasteiger partial charge in [0.1, 0.15) is 5.75 Å². The molecule has 0 saturated heterocycles. The Bertz CT molecular complexity index is 621. The SMILES string of the molecule is CCCCc1ccc(Oc2cc(C(N)=O)ccc2N)cc1. The fourth-order valence-electron chi connectivity index (χ4n) is 2.01. The Labute approximate surface area is 124 Å². The van der Waals surface area contributed by atoms with Gasteiger partial charge < -0.3 is 16.2 Å². The molecule has 0 aliphatic rings. The highest BCUT2D eigenvalue weighted by Crippen LogP contribution is 2.28. The Kier molecular flexibility index (Phi) is 4.82. The van der Waals surface area contributed by atoms with Gasteiger partial charge in [0.05, 0.1) is 5.69 Å². The maximum atomic E-state index is 11.2. The molecule has 0 radical (unpaired) electrons. The van der Waals surface area contributed by atoms with Crippen molar-refractivity contribution >= 4 is 11.6 Å². The average Bonchev–Trinajstić information content (AvgIpc) is 2.48. The first kappa shape index (κ1) is 14.9. The van der Waals surface area contributed by atoms with Gasteiger partial charge in [-0.2, -0.15) is 0 Å². The van der Waals surface area contributed by atoms with Gasteiger partial charge in [-0.15, -0.1) is 0 Å². The number of aryl methyl sites for hydroxylation is 1. The molecular formula is C17H20N2O2. The molecule has 0 aliphatic heterocycles. The summed E-state index contributed by atoms with van der Waals surface area (Å²) in [5.41, 5.74) is 13.2. The molecule has 4 N–H and O–H groups in total. The monoisotopic (exact) mass is 284 g/mol. The molecule has 21 heavy (non-hydrogen) atoms. The van der Waals surface area contributed by atoms with Gasteiger partial charge in [0.2, 0.25) is 5.91 Å². The molecule has 0 spiro atoms. The normalized spacial score (nSPS) is 10.3. The zero-order valence-corrected chi connectivity index (χ0v) is 12.1. The van der Waals surface area contributed by atoms with Crippen LogP contribution in [0.2, 0.25) is 0 Å². The predicted molar refractivity (Wildman–Crippen MR) is 84.5 cm³/mol. The van der Waals surface area contributed by atoms with Crippen LogP contribution in [0.15, 0.2) is 42.5 Å². The fraction of sp³-hybridized carbons (Fsp3) is 0.235. The summed E-state index contributed by atoms with van der Waals surface area (Å²) in [6.45, 7) is 2.17. The number of carbonyl (C=O) groups is 1. The van der Waals surface area contributed by atoms with E-state index < -0.39 is 5.91 Å². The summed E-state index contributed by atoms with van der Waals surface area (Å²) in [6, 6.07) is 12.6. The lowest BCUT2D eigenvalue weighted by Gasteiger charge is -2.10. The number of nitrogens with two attached hydrogens (primary N) is 2. The van der Waals surface area contributed by atoms with E-state index in [2.05, 4.69) is 6.92 Å². The molecule has 2 aromatic carbocycles. The second-order valence-electron chi connectivity index (χ2n) is 4.97. The van der Waals surface area contributed by atoms with Crippen LogP contribution < -0.4 is 16.2 Å². The van der Waals surface area contributed by atoms with Crippen LogP contribution in [0.1, 0.15) is 35.7 Å². The third-order valence-corrected chi connectivity index (χ3v) is 3.27. The van der Waals surface area contributed by atoms with Crippen molar-refractivity contribution in [3.8, 4) is 11.5 Å². The highest BCUT2D eigenvalue weighted by atomic mass is 16.5. The Balaban J connectivity index is 2.14. The largest absolute Gasteiger partial charge is 0.455 e. The van der Waals surface area contributed by atoms with Gasteiger partial charge in [0, 0.05) is 5.56 Å². The summed E-state index contributed by atoms with van der Waals surface area (Å²) >= 11 is 0. The molecule has 2 aromatic rings. The van der Waals surface area contributed by atoms with Crippen LogP contribution in [0, 0.1) is 0 Å². The number of rotatable bonds is 6. The van der Waals surface area contributed by atoms with E-state index in [9.17, 15) is 4.79 Å². The molecule has 0 fully saturated rings. The predicted octanol–water partition coefficient (Wildman–Crippen LogP) is 3.50. The van der Waals surface area contributed by atoms with E-state index in [4.69, 9.17) is 16.2 Å². The van der Waals surface area contributed by atoms with Crippen LogP contribution in [-0.4, -0.2) is 5.91 Å². The number of amides is 1. The lowest BCUT2D eigenvalue weighted by Crippen LogP contribution is -2.11. The van der Waals surface area contributed by atoms with E-state index in [-0.39, 0.29) is 0 Å². The van der Waals surface area contributed by atoms with Crippen LogP contribution >= 0.6 is 0 Å². The zero-order chi connectivity index (χ0) is 15.2. The minimum Gasteiger partial charge on any atom is -0.455 e. The smallest absolute Gasteiger partial charge is 0.248 e. The van der Waals surface area contributed by atoms with Gasteiger partial charge in [-0.25, -0.2) is 0 Å². The number of ether oxygens (including phenoxy) is 1. The van der Waals surface area contributed by atoms with Gasteiger partial charge in [-0.05, 0) is 48.7 Å². The number of hydrogen-bond acceptors (Lipinski definition) is 3. The van der Waals surface area contributed by atoms with Crippen molar-refractivity contribution in [3.63, 3.8) is 0 Å². The Hall–Kier alpha value is -2.49. The van der Waals surface area contributed by atoms with Gasteiger partial charge in [0.25, 0.3) is 0 Å². The molecule has 0 aromatic heterocycles. The second kappa shape index (κ2) is 6.79. The van der Waals surface area contributed by atoms with Crippen molar-refractivity contribution in [2.75, 3.05) is 5.73 Å². The number of anilines is 1. The molecule has 0 bridgehead atoms. The minimum absolute atomic E-state index is 0.374. The van der Waals surface area contributed by atoms with Crippen LogP contribution in [0.4, 0.5) is 5.69 Å². The third-order valence-electron chi connectivity index (χ3n) is 3.27. The van der Waals surface area contributed by atoms with E-state index >= 15 is 0 Å². The van der Waals surface area contributed by atoms with E-state index in [0.717, 1.165) is 6.42 Å². The molecule has 1 amide bonds. The number of hydrogen-bond donors (Lipinski definition) is 2. The van der Waals surface area contributed by atoms with Crippen molar-refractivity contribution in [3.05, 3.63) is 53.6 Å². The summed E-state index contributed by atoms with van der Waals surface area (Å²) in [5.74, 6) is 0.617. The van der Waals surface area contributed by atoms with Gasteiger partial charge in [-0.1, -0.05) is 25.5 Å². The van der Waals surface area contributed by atoms with Crippen LogP contribution in [0.3, 0.4) is 0 Å². The van der Waals surface area contributed by atoms with E-state index in [0.29, 0.717) is 22.7 Å². The molecule has 4 heteroatoms. The van der Waals surface area contributed by atoms with Crippen molar-refractivity contribution in [2.45, 2.75) is 26.2 Å². The molecular weight excluding hydrogens is 264 g/mol. The van der Waals surface area contributed by atoms with E-state index in [1.165, 1.54) is 18.4 Å². The quantitative estimate of drug-likeness (QED) is 0.797. The zero-order valence-electron chi connectivity index (χ0n) is 12.1. The molecule has 0 unspecified atom stereocenters. The maximum Gasteiger partial charge on any atom is 0.248 e. The molecule has 2 rings (SSSR count). The number of primary amides is 1. The maximum absolute atomic E-state index is 11.2. The lowest BCUT2D eigenvalue weighted by molar-refractivity contribution is 0.1000. The second-order valence-corrected chi connectivity index (χ2v) is 4.97. The average molecular weight is 284 g/mol. The summed E-state index contributed by atoms with van der Waals surface area (Å²) in [6.07, 6.45) is 3.42. The number of carbonyl (C=O) groups excluding carboxylic acids is 1. The highest BCUT2D eigenvalue weighted by Gasteiger charge is 2.07. The Morgan fingerprint density at radius 2 is 1.86 bits per heavy atom. The van der Waals surface area contributed by atoms with Crippen molar-refractivity contribution in [2.24, 2.45) is 5.73 Å². The number of nitrogen functional groups attached to an aromatic ring is 1. The van der Waals surface area contributed by atoms with Crippen LogP contribution in [0.25, 0.3) is 0 Å². The fourth-order valence-corrected chi connectivity index (χ4v) is 2.01. The van der Waals surface area contributed by atoms with Crippen molar-refractivity contribution < 1.29 is 9.53 Å².